The Labute approximate surface area is 126 Å². The van der Waals surface area contributed by atoms with Crippen molar-refractivity contribution in [1.82, 2.24) is 5.32 Å². The van der Waals surface area contributed by atoms with E-state index in [0.29, 0.717) is 17.7 Å². The predicted octanol–water partition coefficient (Wildman–Crippen LogP) is 1.95. The monoisotopic (exact) mass is 301 g/mol. The summed E-state index contributed by atoms with van der Waals surface area (Å²) in [5.41, 5.74) is 2.13. The lowest BCUT2D eigenvalue weighted by Crippen LogP contribution is -2.26. The smallest absolute Gasteiger partial charge is 0.251 e. The van der Waals surface area contributed by atoms with Crippen LogP contribution in [0, 0.1) is 11.3 Å². The van der Waals surface area contributed by atoms with Gasteiger partial charge in [-0.25, -0.2) is 0 Å². The lowest BCUT2D eigenvalue weighted by molar-refractivity contribution is 0.0945. The Kier molecular flexibility index (Phi) is 5.32. The largest absolute Gasteiger partial charge is 0.395 e. The van der Waals surface area contributed by atoms with E-state index in [9.17, 15) is 4.79 Å². The summed E-state index contributed by atoms with van der Waals surface area (Å²) in [4.78, 5) is 12.7. The lowest BCUT2D eigenvalue weighted by atomic mass is 10.2. The van der Waals surface area contributed by atoms with E-state index in [1.165, 1.54) is 11.3 Å². The molecule has 0 fully saturated rings. The van der Waals surface area contributed by atoms with Gasteiger partial charge in [0, 0.05) is 34.6 Å². The number of nitrogens with one attached hydrogen (secondary N) is 2. The number of benzene rings is 1. The van der Waals surface area contributed by atoms with E-state index in [2.05, 4.69) is 16.7 Å². The van der Waals surface area contributed by atoms with E-state index in [1.54, 1.807) is 12.1 Å². The van der Waals surface area contributed by atoms with Gasteiger partial charge >= 0.3 is 0 Å². The van der Waals surface area contributed by atoms with Crippen LogP contribution in [0.4, 0.5) is 5.69 Å². The van der Waals surface area contributed by atoms with E-state index < -0.39 is 0 Å². The van der Waals surface area contributed by atoms with Crippen molar-refractivity contribution in [2.45, 2.75) is 6.54 Å². The van der Waals surface area contributed by atoms with Crippen molar-refractivity contribution < 1.29 is 9.90 Å². The van der Waals surface area contributed by atoms with Crippen LogP contribution in [0.1, 0.15) is 20.8 Å². The van der Waals surface area contributed by atoms with E-state index >= 15 is 0 Å². The Morgan fingerprint density at radius 1 is 1.33 bits per heavy atom. The number of aliphatic hydroxyl groups is 1. The lowest BCUT2D eigenvalue weighted by Gasteiger charge is -2.07. The van der Waals surface area contributed by atoms with Gasteiger partial charge in [-0.3, -0.25) is 4.79 Å². The molecule has 1 heterocycles. The topological polar surface area (TPSA) is 85.2 Å². The van der Waals surface area contributed by atoms with Gasteiger partial charge < -0.3 is 15.7 Å². The van der Waals surface area contributed by atoms with Gasteiger partial charge in [-0.15, -0.1) is 11.3 Å². The van der Waals surface area contributed by atoms with Gasteiger partial charge in [-0.2, -0.15) is 5.26 Å². The molecular formula is C15H15N3O2S. The first kappa shape index (κ1) is 15.0. The van der Waals surface area contributed by atoms with Crippen molar-refractivity contribution in [2.24, 2.45) is 0 Å². The van der Waals surface area contributed by atoms with E-state index in [1.807, 2.05) is 23.6 Å². The number of carbonyl (C=O) groups is 1. The fraction of sp³-hybridized carbons (Fsp3) is 0.200. The molecule has 0 unspecified atom stereocenters. The van der Waals surface area contributed by atoms with Crippen molar-refractivity contribution in [3.63, 3.8) is 0 Å². The van der Waals surface area contributed by atoms with Gasteiger partial charge in [-0.1, -0.05) is 0 Å². The molecule has 0 spiro atoms. The van der Waals surface area contributed by atoms with Crippen LogP contribution in [0.2, 0.25) is 0 Å². The van der Waals surface area contributed by atoms with E-state index in [4.69, 9.17) is 10.4 Å². The van der Waals surface area contributed by atoms with Gasteiger partial charge in [0.1, 0.15) is 6.07 Å². The summed E-state index contributed by atoms with van der Waals surface area (Å²) in [6.45, 7) is 0.817. The third-order valence-corrected chi connectivity index (χ3v) is 3.73. The SMILES string of the molecule is N#Cc1csc(CNc2ccc(C(=O)NCCO)cc2)c1. The molecular weight excluding hydrogens is 286 g/mol. The molecule has 1 aromatic heterocycles. The van der Waals surface area contributed by atoms with Crippen LogP contribution in [0.15, 0.2) is 35.7 Å². The molecule has 6 heteroatoms. The van der Waals surface area contributed by atoms with Crippen molar-refractivity contribution in [2.75, 3.05) is 18.5 Å². The minimum absolute atomic E-state index is 0.0725. The summed E-state index contributed by atoms with van der Waals surface area (Å²) < 4.78 is 0. The molecule has 0 saturated carbocycles. The van der Waals surface area contributed by atoms with Crippen LogP contribution in [0.3, 0.4) is 0 Å². The van der Waals surface area contributed by atoms with Crippen LogP contribution in [-0.4, -0.2) is 24.2 Å². The third kappa shape index (κ3) is 4.31. The van der Waals surface area contributed by atoms with Crippen LogP contribution < -0.4 is 10.6 Å². The maximum atomic E-state index is 11.7. The Balaban J connectivity index is 1.90. The molecule has 2 aromatic rings. The number of thiophene rings is 1. The summed E-state index contributed by atoms with van der Waals surface area (Å²) in [7, 11) is 0. The average Bonchev–Trinajstić information content (AvgIpc) is 2.99. The fourth-order valence-corrected chi connectivity index (χ4v) is 2.48. The van der Waals surface area contributed by atoms with Crippen LogP contribution >= 0.6 is 11.3 Å². The Morgan fingerprint density at radius 2 is 2.10 bits per heavy atom. The number of rotatable bonds is 6. The summed E-state index contributed by atoms with van der Waals surface area (Å²) in [5.74, 6) is -0.201. The fourth-order valence-electron chi connectivity index (χ4n) is 1.73. The Bertz CT molecular complexity index is 644. The maximum Gasteiger partial charge on any atom is 0.251 e. The van der Waals surface area contributed by atoms with Crippen molar-refractivity contribution in [1.29, 1.82) is 5.26 Å². The Morgan fingerprint density at radius 3 is 2.71 bits per heavy atom. The molecule has 5 nitrogen and oxygen atoms in total. The highest BCUT2D eigenvalue weighted by atomic mass is 32.1. The van der Waals surface area contributed by atoms with Crippen LogP contribution in [0.5, 0.6) is 0 Å². The summed E-state index contributed by atoms with van der Waals surface area (Å²) in [6.07, 6.45) is 0. The minimum Gasteiger partial charge on any atom is -0.395 e. The molecule has 0 atom stereocenters. The zero-order valence-electron chi connectivity index (χ0n) is 11.3. The highest BCUT2D eigenvalue weighted by Gasteiger charge is 2.04. The number of nitrogens with zero attached hydrogens (tertiary/aromatic N) is 1. The molecule has 1 amide bonds. The molecule has 3 N–H and O–H groups in total. The quantitative estimate of drug-likeness (QED) is 0.761. The number of hydrogen-bond donors (Lipinski definition) is 3. The standard InChI is InChI=1S/C15H15N3O2S/c16-8-11-7-14(21-10-11)9-18-13-3-1-12(2-4-13)15(20)17-5-6-19/h1-4,7,10,18-19H,5-6,9H2,(H,17,20). The summed E-state index contributed by atoms with van der Waals surface area (Å²) in [5, 5.41) is 25.1. The van der Waals surface area contributed by atoms with Crippen molar-refractivity contribution >= 4 is 22.9 Å². The molecule has 108 valence electrons. The molecule has 0 aliphatic carbocycles. The molecule has 0 aliphatic rings. The molecule has 0 aliphatic heterocycles. The van der Waals surface area contributed by atoms with Gasteiger partial charge in [0.25, 0.3) is 5.91 Å². The van der Waals surface area contributed by atoms with Gasteiger partial charge in [0.15, 0.2) is 0 Å². The zero-order valence-corrected chi connectivity index (χ0v) is 12.1. The maximum absolute atomic E-state index is 11.7. The number of anilines is 1. The van der Waals surface area contributed by atoms with Crippen LogP contribution in [-0.2, 0) is 6.54 Å². The first-order chi connectivity index (χ1) is 10.2. The molecule has 0 saturated heterocycles. The summed E-state index contributed by atoms with van der Waals surface area (Å²) in [6, 6.07) is 11.1. The molecule has 0 radical (unpaired) electrons. The minimum atomic E-state index is -0.201. The average molecular weight is 301 g/mol. The van der Waals surface area contributed by atoms with Gasteiger partial charge in [0.2, 0.25) is 0 Å². The number of aliphatic hydroxyl groups excluding tert-OH is 1. The van der Waals surface area contributed by atoms with Gasteiger partial charge in [-0.05, 0) is 30.3 Å². The van der Waals surface area contributed by atoms with E-state index in [-0.39, 0.29) is 19.1 Å². The number of hydrogen-bond acceptors (Lipinski definition) is 5. The second-order valence-corrected chi connectivity index (χ2v) is 5.32. The predicted molar refractivity (Wildman–Crippen MR) is 82.2 cm³/mol. The van der Waals surface area contributed by atoms with E-state index in [0.717, 1.165) is 10.6 Å². The molecule has 2 rings (SSSR count). The zero-order chi connectivity index (χ0) is 15.1. The third-order valence-electron chi connectivity index (χ3n) is 2.79. The highest BCUT2D eigenvalue weighted by Crippen LogP contribution is 2.16. The van der Waals surface area contributed by atoms with Gasteiger partial charge in [0.05, 0.1) is 12.2 Å². The number of nitriles is 1. The first-order valence-electron chi connectivity index (χ1n) is 6.43. The number of carbonyl (C=O) groups excluding carboxylic acids is 1. The highest BCUT2D eigenvalue weighted by molar-refractivity contribution is 7.10. The molecule has 1 aromatic carbocycles. The summed E-state index contributed by atoms with van der Waals surface area (Å²) >= 11 is 1.54. The second-order valence-electron chi connectivity index (χ2n) is 4.32. The Hall–Kier alpha value is -2.36. The first-order valence-corrected chi connectivity index (χ1v) is 7.31. The van der Waals surface area contributed by atoms with Crippen LogP contribution in [0.25, 0.3) is 0 Å². The molecule has 0 bridgehead atoms. The normalized spacial score (nSPS) is 9.90. The number of amides is 1. The van der Waals surface area contributed by atoms with Crippen molar-refractivity contribution in [3.8, 4) is 6.07 Å². The van der Waals surface area contributed by atoms with Crippen molar-refractivity contribution in [3.05, 3.63) is 51.7 Å². The second kappa shape index (κ2) is 7.43. The molecule has 21 heavy (non-hydrogen) atoms.